The Morgan fingerprint density at radius 2 is 1.84 bits per heavy atom. The van der Waals surface area contributed by atoms with E-state index in [-0.39, 0.29) is 5.70 Å². The van der Waals surface area contributed by atoms with E-state index in [9.17, 15) is 9.59 Å². The molecule has 0 aliphatic rings. The largest absolute Gasteiger partial charge is 0.493 e. The van der Waals surface area contributed by atoms with Crippen molar-refractivity contribution in [2.45, 2.75) is 6.92 Å². The monoisotopic (exact) mass is 265 g/mol. The molecule has 6 nitrogen and oxygen atoms in total. The Bertz CT molecular complexity index is 522. The summed E-state index contributed by atoms with van der Waals surface area (Å²) in [4.78, 5) is 21.9. The molecule has 1 amide bonds. The van der Waals surface area contributed by atoms with Gasteiger partial charge in [-0.15, -0.1) is 0 Å². The van der Waals surface area contributed by atoms with Crippen LogP contribution in [0.25, 0.3) is 6.08 Å². The normalized spacial score (nSPS) is 10.8. The fraction of sp³-hybridized carbons (Fsp3) is 0.231. The summed E-state index contributed by atoms with van der Waals surface area (Å²) in [5.74, 6) is -0.654. The van der Waals surface area contributed by atoms with Crippen LogP contribution < -0.4 is 14.8 Å². The number of carboxylic acid groups (broad SMARTS) is 1. The van der Waals surface area contributed by atoms with Crippen LogP contribution in [0.5, 0.6) is 11.5 Å². The third-order valence-corrected chi connectivity index (χ3v) is 2.26. The van der Waals surface area contributed by atoms with Gasteiger partial charge in [-0.05, 0) is 23.8 Å². The van der Waals surface area contributed by atoms with Crippen molar-refractivity contribution < 1.29 is 24.2 Å². The fourth-order valence-electron chi connectivity index (χ4n) is 1.45. The molecule has 102 valence electrons. The summed E-state index contributed by atoms with van der Waals surface area (Å²) in [6.07, 6.45) is 1.34. The first kappa shape index (κ1) is 14.6. The van der Waals surface area contributed by atoms with Crippen molar-refractivity contribution in [3.63, 3.8) is 0 Å². The molecule has 0 heterocycles. The summed E-state index contributed by atoms with van der Waals surface area (Å²) >= 11 is 0. The minimum atomic E-state index is -1.22. The molecule has 0 unspecified atom stereocenters. The highest BCUT2D eigenvalue weighted by Gasteiger charge is 2.10. The smallest absolute Gasteiger partial charge is 0.352 e. The van der Waals surface area contributed by atoms with Crippen LogP contribution in [0.3, 0.4) is 0 Å². The number of amides is 1. The Hall–Kier alpha value is -2.50. The Balaban J connectivity index is 3.14. The number of methoxy groups -OCH3 is 2. The summed E-state index contributed by atoms with van der Waals surface area (Å²) in [5.41, 5.74) is 0.364. The molecule has 19 heavy (non-hydrogen) atoms. The topological polar surface area (TPSA) is 84.9 Å². The maximum absolute atomic E-state index is 11.0. The van der Waals surface area contributed by atoms with Crippen LogP contribution in [0.1, 0.15) is 12.5 Å². The Labute approximate surface area is 110 Å². The van der Waals surface area contributed by atoms with Gasteiger partial charge >= 0.3 is 5.97 Å². The van der Waals surface area contributed by atoms with Gasteiger partial charge in [0.1, 0.15) is 5.70 Å². The highest BCUT2D eigenvalue weighted by molar-refractivity contribution is 5.96. The maximum Gasteiger partial charge on any atom is 0.352 e. The van der Waals surface area contributed by atoms with Crippen molar-refractivity contribution in [1.29, 1.82) is 0 Å². The lowest BCUT2D eigenvalue weighted by atomic mass is 10.1. The van der Waals surface area contributed by atoms with Crippen molar-refractivity contribution >= 4 is 18.0 Å². The molecular formula is C13H15NO5. The lowest BCUT2D eigenvalue weighted by Crippen LogP contribution is -2.24. The lowest BCUT2D eigenvalue weighted by molar-refractivity contribution is -0.134. The van der Waals surface area contributed by atoms with Crippen molar-refractivity contribution in [2.24, 2.45) is 0 Å². The molecular weight excluding hydrogens is 250 g/mol. The quantitative estimate of drug-likeness (QED) is 0.783. The third-order valence-electron chi connectivity index (χ3n) is 2.26. The molecule has 0 aromatic heterocycles. The van der Waals surface area contributed by atoms with E-state index in [0.29, 0.717) is 17.1 Å². The molecule has 0 atom stereocenters. The maximum atomic E-state index is 11.0. The van der Waals surface area contributed by atoms with Gasteiger partial charge in [-0.25, -0.2) is 4.79 Å². The standard InChI is InChI=1S/C13H15NO5/c1-8(15)14-10(13(16)17)6-9-4-5-11(18-2)12(7-9)19-3/h4-7H,1-3H3,(H,14,15)(H,16,17). The van der Waals surface area contributed by atoms with E-state index in [1.807, 2.05) is 0 Å². The van der Waals surface area contributed by atoms with Crippen LogP contribution in [0.4, 0.5) is 0 Å². The SMILES string of the molecule is COc1ccc(C=C(NC(C)=O)C(=O)O)cc1OC. The Morgan fingerprint density at radius 3 is 2.32 bits per heavy atom. The van der Waals surface area contributed by atoms with Crippen LogP contribution in [-0.2, 0) is 9.59 Å². The number of hydrogen-bond donors (Lipinski definition) is 2. The van der Waals surface area contributed by atoms with Crippen molar-refractivity contribution in [3.05, 3.63) is 29.5 Å². The van der Waals surface area contributed by atoms with E-state index < -0.39 is 11.9 Å². The van der Waals surface area contributed by atoms with Crippen LogP contribution in [0.2, 0.25) is 0 Å². The summed E-state index contributed by atoms with van der Waals surface area (Å²) in [7, 11) is 2.99. The molecule has 0 saturated carbocycles. The van der Waals surface area contributed by atoms with Gasteiger partial charge in [0, 0.05) is 6.92 Å². The zero-order valence-electron chi connectivity index (χ0n) is 10.9. The molecule has 0 aliphatic heterocycles. The van der Waals surface area contributed by atoms with Crippen LogP contribution in [-0.4, -0.2) is 31.2 Å². The molecule has 2 N–H and O–H groups in total. The van der Waals surface area contributed by atoms with Gasteiger partial charge in [-0.3, -0.25) is 4.79 Å². The van der Waals surface area contributed by atoms with Gasteiger partial charge in [0.25, 0.3) is 0 Å². The highest BCUT2D eigenvalue weighted by Crippen LogP contribution is 2.28. The van der Waals surface area contributed by atoms with E-state index in [1.54, 1.807) is 18.2 Å². The molecule has 1 aromatic carbocycles. The van der Waals surface area contributed by atoms with Gasteiger partial charge in [0.05, 0.1) is 14.2 Å². The van der Waals surface area contributed by atoms with Gasteiger partial charge in [-0.1, -0.05) is 6.07 Å². The number of carbonyl (C=O) groups excluding carboxylic acids is 1. The van der Waals surface area contributed by atoms with Gasteiger partial charge in [-0.2, -0.15) is 0 Å². The number of ether oxygens (including phenoxy) is 2. The average Bonchev–Trinajstić information content (AvgIpc) is 2.37. The summed E-state index contributed by atoms with van der Waals surface area (Å²) in [5, 5.41) is 11.2. The first-order chi connectivity index (χ1) is 8.97. The van der Waals surface area contributed by atoms with Crippen LogP contribution >= 0.6 is 0 Å². The highest BCUT2D eigenvalue weighted by atomic mass is 16.5. The number of rotatable bonds is 5. The number of carboxylic acids is 1. The Morgan fingerprint density at radius 1 is 1.21 bits per heavy atom. The van der Waals surface area contributed by atoms with Gasteiger partial charge in [0.15, 0.2) is 11.5 Å². The zero-order chi connectivity index (χ0) is 14.4. The van der Waals surface area contributed by atoms with Crippen molar-refractivity contribution in [2.75, 3.05) is 14.2 Å². The zero-order valence-corrected chi connectivity index (χ0v) is 10.9. The minimum absolute atomic E-state index is 0.209. The number of hydrogen-bond acceptors (Lipinski definition) is 4. The lowest BCUT2D eigenvalue weighted by Gasteiger charge is -2.08. The number of carbonyl (C=O) groups is 2. The molecule has 1 aromatic rings. The van der Waals surface area contributed by atoms with E-state index in [0.717, 1.165) is 0 Å². The van der Waals surface area contributed by atoms with Crippen LogP contribution in [0, 0.1) is 0 Å². The van der Waals surface area contributed by atoms with Crippen LogP contribution in [0.15, 0.2) is 23.9 Å². The fourth-order valence-corrected chi connectivity index (χ4v) is 1.45. The molecule has 0 fully saturated rings. The van der Waals surface area contributed by atoms with Gasteiger partial charge in [0.2, 0.25) is 5.91 Å². The number of aliphatic carboxylic acids is 1. The molecule has 0 saturated heterocycles. The molecule has 0 radical (unpaired) electrons. The minimum Gasteiger partial charge on any atom is -0.493 e. The first-order valence-corrected chi connectivity index (χ1v) is 5.42. The second kappa shape index (κ2) is 6.44. The van der Waals surface area contributed by atoms with Crippen molar-refractivity contribution in [3.8, 4) is 11.5 Å². The second-order valence-electron chi connectivity index (χ2n) is 3.66. The number of benzene rings is 1. The predicted molar refractivity (Wildman–Crippen MR) is 69.0 cm³/mol. The second-order valence-corrected chi connectivity index (χ2v) is 3.66. The number of nitrogens with one attached hydrogen (secondary N) is 1. The molecule has 0 bridgehead atoms. The molecule has 0 spiro atoms. The van der Waals surface area contributed by atoms with E-state index in [4.69, 9.17) is 14.6 Å². The predicted octanol–water partition coefficient (Wildman–Crippen LogP) is 1.27. The van der Waals surface area contributed by atoms with E-state index >= 15 is 0 Å². The average molecular weight is 265 g/mol. The molecule has 6 heteroatoms. The first-order valence-electron chi connectivity index (χ1n) is 5.42. The Kier molecular flexibility index (Phi) is 4.93. The van der Waals surface area contributed by atoms with E-state index in [1.165, 1.54) is 27.2 Å². The summed E-state index contributed by atoms with van der Waals surface area (Å²) in [6.45, 7) is 1.24. The third kappa shape index (κ3) is 4.02. The summed E-state index contributed by atoms with van der Waals surface area (Å²) in [6, 6.07) is 4.92. The van der Waals surface area contributed by atoms with E-state index in [2.05, 4.69) is 5.32 Å². The van der Waals surface area contributed by atoms with Gasteiger partial charge < -0.3 is 19.9 Å². The molecule has 1 rings (SSSR count). The summed E-state index contributed by atoms with van der Waals surface area (Å²) < 4.78 is 10.2. The molecule has 0 aliphatic carbocycles. The van der Waals surface area contributed by atoms with Crippen molar-refractivity contribution in [1.82, 2.24) is 5.32 Å².